The number of cyclic esters (lactones) is 1. The van der Waals surface area contributed by atoms with Gasteiger partial charge in [-0.25, -0.2) is 14.2 Å². The number of pyridine rings is 1. The Morgan fingerprint density at radius 3 is 2.02 bits per heavy atom. The van der Waals surface area contributed by atoms with Gasteiger partial charge in [0.1, 0.15) is 29.4 Å². The molecule has 0 radical (unpaired) electrons. The van der Waals surface area contributed by atoms with E-state index in [0.29, 0.717) is 12.2 Å². The summed E-state index contributed by atoms with van der Waals surface area (Å²) >= 11 is 1.78. The molecule has 5 rings (SSSR count). The minimum absolute atomic E-state index is 0.115. The summed E-state index contributed by atoms with van der Waals surface area (Å²) in [7, 11) is 0. The van der Waals surface area contributed by atoms with E-state index in [1.54, 1.807) is 31.7 Å². The first-order chi connectivity index (χ1) is 25.2. The summed E-state index contributed by atoms with van der Waals surface area (Å²) in [6, 6.07) is 32.2. The van der Waals surface area contributed by atoms with Gasteiger partial charge in [0.2, 0.25) is 5.91 Å². The van der Waals surface area contributed by atoms with Gasteiger partial charge in [0.15, 0.2) is 0 Å². The van der Waals surface area contributed by atoms with Crippen molar-refractivity contribution < 1.29 is 28.3 Å². The average molecular weight is 721 g/mol. The Bertz CT molecular complexity index is 1820. The molecule has 4 aromatic rings. The topological polar surface area (TPSA) is 126 Å². The largest absolute Gasteiger partial charge is 0.456 e. The first kappa shape index (κ1) is 37.7. The van der Waals surface area contributed by atoms with E-state index in [-0.39, 0.29) is 36.5 Å². The number of nitrogens with zero attached hydrogens (tertiary/aromatic N) is 1. The van der Waals surface area contributed by atoms with Crippen molar-refractivity contribution in [1.82, 2.24) is 20.9 Å². The number of aromatic nitrogens is 1. The molecule has 3 amide bonds. The second-order valence-electron chi connectivity index (χ2n) is 12.0. The van der Waals surface area contributed by atoms with Crippen molar-refractivity contribution in [2.24, 2.45) is 0 Å². The number of thioether (sulfide) groups is 1. The number of hydrogen-bond donors (Lipinski definition) is 3. The number of allylic oxidation sites excluding steroid dienone is 2. The van der Waals surface area contributed by atoms with E-state index < -0.39 is 46.4 Å². The molecule has 268 valence electrons. The third-order valence-corrected chi connectivity index (χ3v) is 10.1. The van der Waals surface area contributed by atoms with Gasteiger partial charge in [-0.15, -0.1) is 11.8 Å². The molecule has 1 aromatic heterocycles. The molecule has 0 saturated carbocycles. The molecule has 1 aliphatic heterocycles. The van der Waals surface area contributed by atoms with Crippen molar-refractivity contribution in [3.63, 3.8) is 0 Å². The standard InChI is InChI=1S/C41H41FN4O5S/c1-3-33-38(48)46-34(4-2)40(50)51-31(26-37(47)43-27-36-32(42)23-24-35(44-36)39(49)45-33)22-14-15-25-52-41(28-16-8-5-9-17-28,29-18-10-6-11-19-29)30-20-12-7-13-21-30/h3,5-14,16-24,31,34H,4,15,25-27H2,1-2H3,(H,43,47)(H,45,49)(H,46,48)/b22-14+,33-3-/t31-,34+/m1/s1. The van der Waals surface area contributed by atoms with Crippen molar-refractivity contribution >= 4 is 35.5 Å². The maximum Gasteiger partial charge on any atom is 0.329 e. The van der Waals surface area contributed by atoms with Crippen molar-refractivity contribution in [2.45, 2.75) is 56.5 Å². The predicted octanol–water partition coefficient (Wildman–Crippen LogP) is 6.35. The van der Waals surface area contributed by atoms with Gasteiger partial charge in [-0.3, -0.25) is 14.4 Å². The molecule has 3 aromatic carbocycles. The molecule has 0 aliphatic carbocycles. The molecular formula is C41H41FN4O5S. The zero-order valence-corrected chi connectivity index (χ0v) is 29.8. The number of ether oxygens (including phenoxy) is 1. The Morgan fingerprint density at radius 1 is 0.865 bits per heavy atom. The number of nitrogens with one attached hydrogen (secondary N) is 3. The molecule has 0 unspecified atom stereocenters. The molecule has 9 nitrogen and oxygen atoms in total. The molecule has 1 aliphatic rings. The fourth-order valence-corrected chi connectivity index (χ4v) is 7.33. The zero-order chi connectivity index (χ0) is 36.9. The van der Waals surface area contributed by atoms with Gasteiger partial charge in [-0.1, -0.05) is 110 Å². The molecular weight excluding hydrogens is 680 g/mol. The molecule has 2 bridgehead atoms. The summed E-state index contributed by atoms with van der Waals surface area (Å²) < 4.78 is 19.9. The number of fused-ring (bicyclic) bond motifs is 2. The molecule has 0 saturated heterocycles. The van der Waals surface area contributed by atoms with Crippen LogP contribution in [0.25, 0.3) is 0 Å². The third kappa shape index (κ3) is 9.21. The van der Waals surface area contributed by atoms with Gasteiger partial charge in [0.05, 0.1) is 23.4 Å². The lowest BCUT2D eigenvalue weighted by atomic mass is 9.84. The van der Waals surface area contributed by atoms with Gasteiger partial charge >= 0.3 is 5.97 Å². The van der Waals surface area contributed by atoms with Gasteiger partial charge in [-0.2, -0.15) is 0 Å². The van der Waals surface area contributed by atoms with Crippen LogP contribution in [0.15, 0.2) is 127 Å². The van der Waals surface area contributed by atoms with E-state index >= 15 is 0 Å². The van der Waals surface area contributed by atoms with Gasteiger partial charge in [0.25, 0.3) is 11.8 Å². The normalized spacial score (nSPS) is 18.4. The minimum atomic E-state index is -1.06. The summed E-state index contributed by atoms with van der Waals surface area (Å²) in [6.45, 7) is 2.95. The van der Waals surface area contributed by atoms with Crippen LogP contribution in [0.5, 0.6) is 0 Å². The highest BCUT2D eigenvalue weighted by atomic mass is 32.2. The van der Waals surface area contributed by atoms with Gasteiger partial charge in [-0.05, 0) is 60.4 Å². The maximum atomic E-state index is 14.6. The first-order valence-electron chi connectivity index (χ1n) is 17.1. The van der Waals surface area contributed by atoms with Crippen LogP contribution in [0.4, 0.5) is 4.39 Å². The van der Waals surface area contributed by atoms with E-state index in [4.69, 9.17) is 4.74 Å². The maximum absolute atomic E-state index is 14.6. The number of halogens is 1. The zero-order valence-electron chi connectivity index (χ0n) is 29.0. The third-order valence-electron chi connectivity index (χ3n) is 8.53. The van der Waals surface area contributed by atoms with Crippen molar-refractivity contribution in [3.05, 3.63) is 161 Å². The second kappa shape index (κ2) is 18.1. The van der Waals surface area contributed by atoms with E-state index in [1.807, 2.05) is 60.7 Å². The highest BCUT2D eigenvalue weighted by molar-refractivity contribution is 8.00. The molecule has 2 atom stereocenters. The van der Waals surface area contributed by atoms with Crippen LogP contribution in [0.1, 0.15) is 66.0 Å². The van der Waals surface area contributed by atoms with E-state index in [0.717, 1.165) is 22.8 Å². The molecule has 0 spiro atoms. The minimum Gasteiger partial charge on any atom is -0.456 e. The van der Waals surface area contributed by atoms with Crippen molar-refractivity contribution in [1.29, 1.82) is 0 Å². The summed E-state index contributed by atoms with van der Waals surface area (Å²) in [5, 5.41) is 7.68. The second-order valence-corrected chi connectivity index (χ2v) is 13.3. The fourth-order valence-electron chi connectivity index (χ4n) is 5.86. The Hall–Kier alpha value is -5.55. The smallest absolute Gasteiger partial charge is 0.329 e. The fraction of sp³-hybridized carbons (Fsp3) is 0.244. The van der Waals surface area contributed by atoms with Crippen LogP contribution in [0.3, 0.4) is 0 Å². The number of hydrogen-bond acceptors (Lipinski definition) is 7. The average Bonchev–Trinajstić information content (AvgIpc) is 3.17. The Kier molecular flexibility index (Phi) is 13.1. The van der Waals surface area contributed by atoms with Crippen LogP contribution in [0.2, 0.25) is 0 Å². The summed E-state index contributed by atoms with van der Waals surface area (Å²) in [5.74, 6) is -2.77. The van der Waals surface area contributed by atoms with E-state index in [9.17, 15) is 23.6 Å². The van der Waals surface area contributed by atoms with E-state index in [2.05, 4.69) is 57.3 Å². The van der Waals surface area contributed by atoms with Crippen LogP contribution in [0, 0.1) is 5.82 Å². The lowest BCUT2D eigenvalue weighted by Gasteiger charge is -2.35. The van der Waals surface area contributed by atoms with Crippen molar-refractivity contribution in [2.75, 3.05) is 5.75 Å². The molecule has 0 fully saturated rings. The monoisotopic (exact) mass is 720 g/mol. The van der Waals surface area contributed by atoms with Gasteiger partial charge in [0, 0.05) is 0 Å². The number of carbonyl (C=O) groups is 4. The van der Waals surface area contributed by atoms with E-state index in [1.165, 1.54) is 12.1 Å². The first-order valence-corrected chi connectivity index (χ1v) is 18.1. The summed E-state index contributed by atoms with van der Waals surface area (Å²) in [4.78, 5) is 56.4. The Morgan fingerprint density at radius 2 is 1.46 bits per heavy atom. The van der Waals surface area contributed by atoms with Crippen molar-refractivity contribution in [3.8, 4) is 0 Å². The number of esters is 1. The van der Waals surface area contributed by atoms with Crippen LogP contribution in [-0.2, 0) is 30.4 Å². The highest BCUT2D eigenvalue weighted by Gasteiger charge is 2.36. The van der Waals surface area contributed by atoms with Crippen LogP contribution < -0.4 is 16.0 Å². The Labute approximate surface area is 307 Å². The Balaban J connectivity index is 1.38. The summed E-state index contributed by atoms with van der Waals surface area (Å²) in [6.07, 6.45) is 4.45. The molecule has 3 N–H and O–H groups in total. The molecule has 52 heavy (non-hydrogen) atoms. The van der Waals surface area contributed by atoms with Gasteiger partial charge < -0.3 is 20.7 Å². The predicted molar refractivity (Wildman–Crippen MR) is 199 cm³/mol. The number of carbonyl (C=O) groups excluding carboxylic acids is 4. The lowest BCUT2D eigenvalue weighted by Crippen LogP contribution is -2.46. The number of amides is 3. The highest BCUT2D eigenvalue weighted by Crippen LogP contribution is 2.48. The SMILES string of the molecule is C/C=C1\NC(=O)c2ccc(F)c(n2)CNC(=O)C[C@@H](/C=C/CCSC(c2ccccc2)(c2ccccc2)c2ccccc2)OC(=O)[C@H](CC)NC1=O. The van der Waals surface area contributed by atoms with Crippen LogP contribution in [-0.4, -0.2) is 46.6 Å². The quantitative estimate of drug-likeness (QED) is 0.0605. The molecule has 11 heteroatoms. The lowest BCUT2D eigenvalue weighted by molar-refractivity contribution is -0.151. The number of benzene rings is 3. The van der Waals surface area contributed by atoms with Crippen LogP contribution >= 0.6 is 11.8 Å². The number of rotatable bonds is 9. The summed E-state index contributed by atoms with van der Waals surface area (Å²) in [5.41, 5.74) is 2.98. The molecule has 2 heterocycles.